The lowest BCUT2D eigenvalue weighted by molar-refractivity contribution is -0.179. The van der Waals surface area contributed by atoms with E-state index in [1.165, 1.54) is 0 Å². The largest absolute Gasteiger partial charge is 0.480 e. The molecule has 1 atom stereocenters. The molecule has 2 aliphatic rings. The average Bonchev–Trinajstić information content (AvgIpc) is 3.13. The van der Waals surface area contributed by atoms with Crippen molar-refractivity contribution in [1.82, 2.24) is 10.2 Å². The van der Waals surface area contributed by atoms with Gasteiger partial charge in [0.05, 0.1) is 6.54 Å². The number of rotatable bonds is 7. The number of hydrogen-bond acceptors (Lipinski definition) is 3. The predicted molar refractivity (Wildman–Crippen MR) is 72.1 cm³/mol. The minimum Gasteiger partial charge on any atom is -0.480 e. The fourth-order valence-corrected chi connectivity index (χ4v) is 2.63. The lowest BCUT2D eigenvalue weighted by atomic mass is 9.84. The van der Waals surface area contributed by atoms with Crippen LogP contribution in [0.4, 0.5) is 13.2 Å². The molecular weight excluding hydrogens is 301 g/mol. The molecule has 0 aliphatic heterocycles. The Morgan fingerprint density at radius 1 is 1.32 bits per heavy atom. The highest BCUT2D eigenvalue weighted by Gasteiger charge is 2.43. The maximum Gasteiger partial charge on any atom is 0.400 e. The molecule has 1 amide bonds. The third-order valence-electron chi connectivity index (χ3n) is 4.39. The SMILES string of the molecule is CC(C(=O)NC1CC(N(CC(=O)O)CC2CC2)C1)C(F)(F)F. The summed E-state index contributed by atoms with van der Waals surface area (Å²) in [6.45, 7) is 1.51. The Bertz CT molecular complexity index is 432. The van der Waals surface area contributed by atoms with Gasteiger partial charge in [0.1, 0.15) is 5.92 Å². The van der Waals surface area contributed by atoms with Crippen LogP contribution in [0.3, 0.4) is 0 Å². The van der Waals surface area contributed by atoms with E-state index in [4.69, 9.17) is 5.11 Å². The van der Waals surface area contributed by atoms with Gasteiger partial charge < -0.3 is 10.4 Å². The molecule has 2 fully saturated rings. The van der Waals surface area contributed by atoms with E-state index >= 15 is 0 Å². The zero-order valence-corrected chi connectivity index (χ0v) is 12.4. The molecular formula is C14H21F3N2O3. The van der Waals surface area contributed by atoms with Gasteiger partial charge >= 0.3 is 12.1 Å². The number of amides is 1. The molecule has 0 spiro atoms. The first kappa shape index (κ1) is 17.1. The van der Waals surface area contributed by atoms with E-state index in [-0.39, 0.29) is 18.6 Å². The van der Waals surface area contributed by atoms with Crippen LogP contribution in [0.5, 0.6) is 0 Å². The molecule has 0 saturated heterocycles. The number of alkyl halides is 3. The summed E-state index contributed by atoms with van der Waals surface area (Å²) in [5, 5.41) is 11.3. The van der Waals surface area contributed by atoms with Crippen LogP contribution in [-0.2, 0) is 9.59 Å². The van der Waals surface area contributed by atoms with Gasteiger partial charge in [0.15, 0.2) is 0 Å². The quantitative estimate of drug-likeness (QED) is 0.747. The number of carbonyl (C=O) groups excluding carboxylic acids is 1. The standard InChI is InChI=1S/C14H21F3N2O3/c1-8(14(15,16)17)13(22)18-10-4-11(5-10)19(7-12(20)21)6-9-2-3-9/h8-11H,2-7H2,1H3,(H,18,22)(H,20,21). The minimum absolute atomic E-state index is 0.0307. The summed E-state index contributed by atoms with van der Waals surface area (Å²) in [5.74, 6) is -3.40. The molecule has 0 aromatic heterocycles. The van der Waals surface area contributed by atoms with Crippen LogP contribution in [0.1, 0.15) is 32.6 Å². The maximum absolute atomic E-state index is 12.4. The van der Waals surface area contributed by atoms with Gasteiger partial charge in [0.2, 0.25) is 5.91 Å². The number of carboxylic acids is 1. The van der Waals surface area contributed by atoms with E-state index in [1.807, 2.05) is 4.90 Å². The molecule has 2 saturated carbocycles. The molecule has 5 nitrogen and oxygen atoms in total. The highest BCUT2D eigenvalue weighted by molar-refractivity contribution is 5.79. The fourth-order valence-electron chi connectivity index (χ4n) is 2.63. The second-order valence-corrected chi connectivity index (χ2v) is 6.36. The summed E-state index contributed by atoms with van der Waals surface area (Å²) in [5.41, 5.74) is 0. The van der Waals surface area contributed by atoms with Crippen LogP contribution >= 0.6 is 0 Å². The summed E-state index contributed by atoms with van der Waals surface area (Å²) in [6, 6.07) is -0.263. The zero-order chi connectivity index (χ0) is 16.5. The van der Waals surface area contributed by atoms with Crippen molar-refractivity contribution < 1.29 is 27.9 Å². The molecule has 0 heterocycles. The van der Waals surface area contributed by atoms with Crippen molar-refractivity contribution in [2.75, 3.05) is 13.1 Å². The number of carbonyl (C=O) groups is 2. The molecule has 22 heavy (non-hydrogen) atoms. The Balaban J connectivity index is 1.77. The van der Waals surface area contributed by atoms with E-state index in [1.54, 1.807) is 0 Å². The molecule has 0 radical (unpaired) electrons. The number of carboxylic acid groups (broad SMARTS) is 1. The van der Waals surface area contributed by atoms with Crippen LogP contribution in [0.25, 0.3) is 0 Å². The van der Waals surface area contributed by atoms with E-state index < -0.39 is 24.0 Å². The number of nitrogens with zero attached hydrogens (tertiary/aromatic N) is 1. The summed E-state index contributed by atoms with van der Waals surface area (Å²) in [7, 11) is 0. The first-order valence-electron chi connectivity index (χ1n) is 7.49. The van der Waals surface area contributed by atoms with Crippen LogP contribution in [0.15, 0.2) is 0 Å². The van der Waals surface area contributed by atoms with E-state index in [2.05, 4.69) is 5.32 Å². The highest BCUT2D eigenvalue weighted by atomic mass is 19.4. The topological polar surface area (TPSA) is 69.6 Å². The molecule has 0 bridgehead atoms. The van der Waals surface area contributed by atoms with Crippen molar-refractivity contribution in [2.24, 2.45) is 11.8 Å². The van der Waals surface area contributed by atoms with Gasteiger partial charge in [-0.2, -0.15) is 13.2 Å². The van der Waals surface area contributed by atoms with Crippen LogP contribution < -0.4 is 5.32 Å². The molecule has 0 aromatic carbocycles. The summed E-state index contributed by atoms with van der Waals surface area (Å²) in [6.07, 6.45) is -1.31. The Kier molecular flexibility index (Phi) is 4.99. The van der Waals surface area contributed by atoms with Gasteiger partial charge in [-0.15, -0.1) is 0 Å². The van der Waals surface area contributed by atoms with Crippen LogP contribution in [-0.4, -0.2) is 53.2 Å². The second kappa shape index (κ2) is 6.44. The summed E-state index contributed by atoms with van der Waals surface area (Å²) in [4.78, 5) is 24.2. The summed E-state index contributed by atoms with van der Waals surface area (Å²) < 4.78 is 37.3. The first-order valence-corrected chi connectivity index (χ1v) is 7.49. The Labute approximate surface area is 126 Å². The Morgan fingerprint density at radius 3 is 2.36 bits per heavy atom. The second-order valence-electron chi connectivity index (χ2n) is 6.36. The monoisotopic (exact) mass is 322 g/mol. The number of aliphatic carboxylic acids is 1. The van der Waals surface area contributed by atoms with Gasteiger partial charge in [0.25, 0.3) is 0 Å². The van der Waals surface area contributed by atoms with Crippen LogP contribution in [0, 0.1) is 11.8 Å². The van der Waals surface area contributed by atoms with Crippen molar-refractivity contribution in [1.29, 1.82) is 0 Å². The third kappa shape index (κ3) is 4.59. The van der Waals surface area contributed by atoms with Crippen molar-refractivity contribution >= 4 is 11.9 Å². The van der Waals surface area contributed by atoms with Gasteiger partial charge in [0, 0.05) is 18.6 Å². The lowest BCUT2D eigenvalue weighted by Crippen LogP contribution is -2.56. The number of hydrogen-bond donors (Lipinski definition) is 2. The minimum atomic E-state index is -4.53. The van der Waals surface area contributed by atoms with Gasteiger partial charge in [-0.3, -0.25) is 14.5 Å². The lowest BCUT2D eigenvalue weighted by Gasteiger charge is -2.43. The molecule has 1 unspecified atom stereocenters. The Morgan fingerprint density at radius 2 is 1.91 bits per heavy atom. The molecule has 2 rings (SSSR count). The zero-order valence-electron chi connectivity index (χ0n) is 12.4. The van der Waals surface area contributed by atoms with E-state index in [9.17, 15) is 22.8 Å². The highest BCUT2D eigenvalue weighted by Crippen LogP contribution is 2.34. The summed E-state index contributed by atoms with van der Waals surface area (Å²) >= 11 is 0. The number of nitrogens with one attached hydrogen (secondary N) is 1. The number of halogens is 3. The third-order valence-corrected chi connectivity index (χ3v) is 4.39. The van der Waals surface area contributed by atoms with Crippen molar-refractivity contribution in [3.8, 4) is 0 Å². The van der Waals surface area contributed by atoms with Gasteiger partial charge in [-0.1, -0.05) is 0 Å². The molecule has 2 N–H and O–H groups in total. The predicted octanol–water partition coefficient (Wildman–Crippen LogP) is 1.63. The Hall–Kier alpha value is -1.31. The van der Waals surface area contributed by atoms with Crippen molar-refractivity contribution in [2.45, 2.75) is 50.9 Å². The van der Waals surface area contributed by atoms with Gasteiger partial charge in [-0.25, -0.2) is 0 Å². The van der Waals surface area contributed by atoms with Gasteiger partial charge in [-0.05, 0) is 38.5 Å². The van der Waals surface area contributed by atoms with E-state index in [0.29, 0.717) is 18.8 Å². The van der Waals surface area contributed by atoms with E-state index in [0.717, 1.165) is 26.3 Å². The van der Waals surface area contributed by atoms with Crippen LogP contribution in [0.2, 0.25) is 0 Å². The smallest absolute Gasteiger partial charge is 0.400 e. The molecule has 2 aliphatic carbocycles. The van der Waals surface area contributed by atoms with Crippen molar-refractivity contribution in [3.63, 3.8) is 0 Å². The molecule has 8 heteroatoms. The molecule has 0 aromatic rings. The fraction of sp³-hybridized carbons (Fsp3) is 0.857. The van der Waals surface area contributed by atoms with Crippen molar-refractivity contribution in [3.05, 3.63) is 0 Å². The normalized spacial score (nSPS) is 26.4. The average molecular weight is 322 g/mol. The molecule has 126 valence electrons. The maximum atomic E-state index is 12.4. The first-order chi connectivity index (χ1) is 10.2.